The lowest BCUT2D eigenvalue weighted by Crippen LogP contribution is -2.47. The molecule has 1 fully saturated rings. The first-order valence-corrected chi connectivity index (χ1v) is 8.38. The number of halogens is 1. The Morgan fingerprint density at radius 2 is 1.90 bits per heavy atom. The van der Waals surface area contributed by atoms with Crippen molar-refractivity contribution in [2.24, 2.45) is 0 Å². The minimum atomic E-state index is -0.434. The summed E-state index contributed by atoms with van der Waals surface area (Å²) in [5.41, 5.74) is 0.808. The number of nitrogens with zero attached hydrogens (tertiary/aromatic N) is 1. The van der Waals surface area contributed by atoms with Gasteiger partial charge in [-0.1, -0.05) is 28.1 Å². The monoisotopic (exact) mass is 353 g/mol. The molecule has 1 aromatic rings. The zero-order chi connectivity index (χ0) is 15.5. The summed E-state index contributed by atoms with van der Waals surface area (Å²) in [4.78, 5) is 14.3. The third-order valence-electron chi connectivity index (χ3n) is 3.70. The lowest BCUT2D eigenvalue weighted by Gasteiger charge is -2.38. The Kier molecular flexibility index (Phi) is 5.31. The molecule has 1 amide bonds. The van der Waals surface area contributed by atoms with Crippen LogP contribution in [0.25, 0.3) is 0 Å². The Bertz CT molecular complexity index is 475. The van der Waals surface area contributed by atoms with Gasteiger partial charge >= 0.3 is 6.09 Å². The first-order chi connectivity index (χ1) is 9.85. The summed E-state index contributed by atoms with van der Waals surface area (Å²) in [6, 6.07) is 8.62. The van der Waals surface area contributed by atoms with E-state index in [1.54, 1.807) is 0 Å². The van der Waals surface area contributed by atoms with Gasteiger partial charge in [-0.25, -0.2) is 4.79 Å². The minimum absolute atomic E-state index is 0.177. The Balaban J connectivity index is 1.96. The predicted octanol–water partition coefficient (Wildman–Crippen LogP) is 4.78. The van der Waals surface area contributed by atoms with E-state index in [0.717, 1.165) is 30.3 Å². The summed E-state index contributed by atoms with van der Waals surface area (Å²) in [6.45, 7) is 6.47. The number of carbonyl (C=O) groups excluding carboxylic acids is 1. The quantitative estimate of drug-likeness (QED) is 0.779. The second-order valence-electron chi connectivity index (χ2n) is 6.63. The standard InChI is InChI=1S/C17H24BrNO2/c1-17(2,3)21-16(20)19(15-5-4-6-15)12-11-13-7-9-14(18)10-8-13/h7-10,15H,4-6,11-12H2,1-3H3. The van der Waals surface area contributed by atoms with E-state index in [4.69, 9.17) is 4.74 Å². The van der Waals surface area contributed by atoms with Gasteiger partial charge in [0.15, 0.2) is 0 Å². The molecule has 0 N–H and O–H groups in total. The molecule has 0 heterocycles. The van der Waals surface area contributed by atoms with Gasteiger partial charge in [-0.2, -0.15) is 0 Å². The van der Waals surface area contributed by atoms with Crippen molar-refractivity contribution in [2.75, 3.05) is 6.54 Å². The van der Waals surface area contributed by atoms with Crippen LogP contribution in [0.15, 0.2) is 28.7 Å². The Hall–Kier alpha value is -1.03. The molecule has 0 aromatic heterocycles. The van der Waals surface area contributed by atoms with Crippen LogP contribution < -0.4 is 0 Å². The predicted molar refractivity (Wildman–Crippen MR) is 88.4 cm³/mol. The highest BCUT2D eigenvalue weighted by Crippen LogP contribution is 2.26. The van der Waals surface area contributed by atoms with Crippen molar-refractivity contribution in [3.8, 4) is 0 Å². The third-order valence-corrected chi connectivity index (χ3v) is 4.23. The molecule has 2 rings (SSSR count). The number of ether oxygens (including phenoxy) is 1. The zero-order valence-electron chi connectivity index (χ0n) is 13.1. The number of amides is 1. The van der Waals surface area contributed by atoms with Gasteiger partial charge in [-0.3, -0.25) is 0 Å². The molecular weight excluding hydrogens is 330 g/mol. The van der Waals surface area contributed by atoms with E-state index >= 15 is 0 Å². The van der Waals surface area contributed by atoms with Crippen LogP contribution in [0, 0.1) is 0 Å². The summed E-state index contributed by atoms with van der Waals surface area (Å²) in [7, 11) is 0. The van der Waals surface area contributed by atoms with Crippen molar-refractivity contribution in [1.82, 2.24) is 4.90 Å². The fraction of sp³-hybridized carbons (Fsp3) is 0.588. The highest BCUT2D eigenvalue weighted by molar-refractivity contribution is 9.10. The highest BCUT2D eigenvalue weighted by atomic mass is 79.9. The fourth-order valence-corrected chi connectivity index (χ4v) is 2.61. The smallest absolute Gasteiger partial charge is 0.410 e. The molecule has 0 atom stereocenters. The molecule has 3 nitrogen and oxygen atoms in total. The van der Waals surface area contributed by atoms with E-state index < -0.39 is 5.60 Å². The summed E-state index contributed by atoms with van der Waals surface area (Å²) in [5.74, 6) is 0. The first-order valence-electron chi connectivity index (χ1n) is 7.59. The lowest BCUT2D eigenvalue weighted by molar-refractivity contribution is 0.00743. The molecule has 0 radical (unpaired) electrons. The van der Waals surface area contributed by atoms with Crippen molar-refractivity contribution in [3.63, 3.8) is 0 Å². The second kappa shape index (κ2) is 6.82. The van der Waals surface area contributed by atoms with Gasteiger partial charge in [0.05, 0.1) is 0 Å². The van der Waals surface area contributed by atoms with E-state index in [0.29, 0.717) is 6.04 Å². The Morgan fingerprint density at radius 3 is 2.38 bits per heavy atom. The molecule has 4 heteroatoms. The van der Waals surface area contributed by atoms with Gasteiger partial charge in [0.2, 0.25) is 0 Å². The van der Waals surface area contributed by atoms with Crippen LogP contribution in [-0.4, -0.2) is 29.2 Å². The van der Waals surface area contributed by atoms with Gasteiger partial charge in [-0.15, -0.1) is 0 Å². The largest absolute Gasteiger partial charge is 0.444 e. The summed E-state index contributed by atoms with van der Waals surface area (Å²) in [6.07, 6.45) is 4.09. The number of hydrogen-bond donors (Lipinski definition) is 0. The van der Waals surface area contributed by atoms with Crippen LogP contribution in [0.4, 0.5) is 4.79 Å². The van der Waals surface area contributed by atoms with Crippen molar-refractivity contribution in [1.29, 1.82) is 0 Å². The second-order valence-corrected chi connectivity index (χ2v) is 7.55. The van der Waals surface area contributed by atoms with Gasteiger partial charge < -0.3 is 9.64 Å². The average molecular weight is 354 g/mol. The van der Waals surface area contributed by atoms with Crippen molar-refractivity contribution >= 4 is 22.0 Å². The van der Waals surface area contributed by atoms with Crippen LogP contribution in [0.2, 0.25) is 0 Å². The van der Waals surface area contributed by atoms with Crippen molar-refractivity contribution in [3.05, 3.63) is 34.3 Å². The van der Waals surface area contributed by atoms with E-state index in [1.807, 2.05) is 37.8 Å². The summed E-state index contributed by atoms with van der Waals surface area (Å²) in [5, 5.41) is 0. The molecule has 0 bridgehead atoms. The van der Waals surface area contributed by atoms with E-state index in [9.17, 15) is 4.79 Å². The molecule has 1 aliphatic rings. The van der Waals surface area contributed by atoms with Gasteiger partial charge in [-0.05, 0) is 64.2 Å². The molecule has 0 saturated heterocycles. The van der Waals surface area contributed by atoms with Crippen molar-refractivity contribution in [2.45, 2.75) is 58.1 Å². The van der Waals surface area contributed by atoms with Crippen LogP contribution in [0.3, 0.4) is 0 Å². The Labute approximate surface area is 135 Å². The molecule has 0 unspecified atom stereocenters. The number of hydrogen-bond acceptors (Lipinski definition) is 2. The van der Waals surface area contributed by atoms with Crippen LogP contribution in [0.5, 0.6) is 0 Å². The zero-order valence-corrected chi connectivity index (χ0v) is 14.6. The summed E-state index contributed by atoms with van der Waals surface area (Å²) >= 11 is 3.44. The lowest BCUT2D eigenvalue weighted by atomic mass is 9.91. The van der Waals surface area contributed by atoms with Crippen LogP contribution in [-0.2, 0) is 11.2 Å². The van der Waals surface area contributed by atoms with Gasteiger partial charge in [0.1, 0.15) is 5.60 Å². The topological polar surface area (TPSA) is 29.5 Å². The number of rotatable bonds is 4. The molecule has 21 heavy (non-hydrogen) atoms. The SMILES string of the molecule is CC(C)(C)OC(=O)N(CCc1ccc(Br)cc1)C1CCC1. The van der Waals surface area contributed by atoms with Crippen LogP contribution >= 0.6 is 15.9 Å². The maximum absolute atomic E-state index is 12.4. The first kappa shape index (κ1) is 16.3. The molecule has 0 spiro atoms. The fourth-order valence-electron chi connectivity index (χ4n) is 2.34. The normalized spacial score (nSPS) is 15.4. The Morgan fingerprint density at radius 1 is 1.29 bits per heavy atom. The van der Waals surface area contributed by atoms with Gasteiger partial charge in [0, 0.05) is 17.1 Å². The molecule has 116 valence electrons. The highest BCUT2D eigenvalue weighted by Gasteiger charge is 2.31. The van der Waals surface area contributed by atoms with Crippen molar-refractivity contribution < 1.29 is 9.53 Å². The minimum Gasteiger partial charge on any atom is -0.444 e. The molecule has 1 saturated carbocycles. The van der Waals surface area contributed by atoms with Crippen LogP contribution in [0.1, 0.15) is 45.6 Å². The third kappa shape index (κ3) is 5.03. The molecule has 1 aliphatic carbocycles. The molecular formula is C17H24BrNO2. The van der Waals surface area contributed by atoms with E-state index in [-0.39, 0.29) is 6.09 Å². The number of carbonyl (C=O) groups is 1. The molecule has 0 aliphatic heterocycles. The average Bonchev–Trinajstić information content (AvgIpc) is 2.31. The maximum Gasteiger partial charge on any atom is 0.410 e. The maximum atomic E-state index is 12.4. The summed E-state index contributed by atoms with van der Waals surface area (Å²) < 4.78 is 6.62. The number of benzene rings is 1. The molecule has 1 aromatic carbocycles. The van der Waals surface area contributed by atoms with Gasteiger partial charge in [0.25, 0.3) is 0 Å². The van der Waals surface area contributed by atoms with E-state index in [1.165, 1.54) is 12.0 Å². The van der Waals surface area contributed by atoms with E-state index in [2.05, 4.69) is 28.1 Å².